The Kier molecular flexibility index (Phi) is 1.68. The molecule has 0 fully saturated rings. The molecule has 2 rings (SSSR count). The van der Waals surface area contributed by atoms with E-state index in [9.17, 15) is 4.79 Å². The fourth-order valence-electron chi connectivity index (χ4n) is 0.972. The monoisotopic (exact) mass is 193 g/mol. The summed E-state index contributed by atoms with van der Waals surface area (Å²) in [6, 6.07) is 5.70. The minimum Gasteiger partial charge on any atom is -0.297 e. The van der Waals surface area contributed by atoms with Crippen LogP contribution in [0.25, 0.3) is 9.40 Å². The molecule has 0 unspecified atom stereocenters. The first kappa shape index (κ1) is 7.47. The lowest BCUT2D eigenvalue weighted by Crippen LogP contribution is -1.63. The van der Waals surface area contributed by atoms with E-state index in [1.165, 1.54) is 22.7 Å². The van der Waals surface area contributed by atoms with Gasteiger partial charge in [0.1, 0.15) is 10.9 Å². The molecule has 12 heavy (non-hydrogen) atoms. The van der Waals surface area contributed by atoms with Gasteiger partial charge in [-0.2, -0.15) is 5.26 Å². The summed E-state index contributed by atoms with van der Waals surface area (Å²) < 4.78 is 1.05. The summed E-state index contributed by atoms with van der Waals surface area (Å²) in [4.78, 5) is 11.8. The SMILES string of the molecule is N#Cc1cc2cc(C=O)sc2s1. The second kappa shape index (κ2) is 2.70. The number of thiophene rings is 2. The van der Waals surface area contributed by atoms with Crippen molar-refractivity contribution in [3.05, 3.63) is 21.9 Å². The van der Waals surface area contributed by atoms with Crippen LogP contribution in [0.15, 0.2) is 12.1 Å². The molecule has 2 heterocycles. The first-order valence-corrected chi connectivity index (χ1v) is 4.85. The van der Waals surface area contributed by atoms with Crippen molar-refractivity contribution in [1.29, 1.82) is 5.26 Å². The molecule has 0 atom stereocenters. The maximum Gasteiger partial charge on any atom is 0.160 e. The van der Waals surface area contributed by atoms with Gasteiger partial charge in [-0.05, 0) is 12.1 Å². The van der Waals surface area contributed by atoms with Gasteiger partial charge < -0.3 is 0 Å². The highest BCUT2D eigenvalue weighted by Crippen LogP contribution is 2.32. The predicted octanol–water partition coefficient (Wildman–Crippen LogP) is 2.65. The molecule has 58 valence electrons. The second-order valence-corrected chi connectivity index (χ2v) is 4.63. The standard InChI is InChI=1S/C8H3NOS2/c9-3-6-1-5-2-7(4-10)12-8(5)11-6/h1-2,4H. The lowest BCUT2D eigenvalue weighted by Gasteiger charge is -1.72. The van der Waals surface area contributed by atoms with Gasteiger partial charge in [-0.1, -0.05) is 0 Å². The van der Waals surface area contributed by atoms with Gasteiger partial charge in [0.15, 0.2) is 6.29 Å². The Morgan fingerprint density at radius 3 is 2.83 bits per heavy atom. The molecule has 0 saturated heterocycles. The van der Waals surface area contributed by atoms with E-state index in [4.69, 9.17) is 5.26 Å². The van der Waals surface area contributed by atoms with Crippen LogP contribution in [-0.4, -0.2) is 6.29 Å². The highest BCUT2D eigenvalue weighted by Gasteiger charge is 2.04. The number of aldehydes is 1. The molecular formula is C8H3NOS2. The Labute approximate surface area is 76.7 Å². The van der Waals surface area contributed by atoms with Crippen LogP contribution in [0.2, 0.25) is 0 Å². The predicted molar refractivity (Wildman–Crippen MR) is 49.8 cm³/mol. The molecule has 0 aliphatic rings. The van der Waals surface area contributed by atoms with Crippen molar-refractivity contribution in [3.8, 4) is 6.07 Å². The quantitative estimate of drug-likeness (QED) is 0.653. The van der Waals surface area contributed by atoms with Gasteiger partial charge in [-0.3, -0.25) is 4.79 Å². The number of carbonyl (C=O) groups is 1. The van der Waals surface area contributed by atoms with Gasteiger partial charge in [0.25, 0.3) is 0 Å². The number of hydrogen-bond acceptors (Lipinski definition) is 4. The van der Waals surface area contributed by atoms with Crippen molar-refractivity contribution in [3.63, 3.8) is 0 Å². The van der Waals surface area contributed by atoms with E-state index in [0.29, 0.717) is 4.88 Å². The van der Waals surface area contributed by atoms with Crippen LogP contribution < -0.4 is 0 Å². The van der Waals surface area contributed by atoms with Gasteiger partial charge in [0.05, 0.1) is 8.89 Å². The highest BCUT2D eigenvalue weighted by molar-refractivity contribution is 7.39. The molecule has 0 amide bonds. The average molecular weight is 193 g/mol. The summed E-state index contributed by atoms with van der Waals surface area (Å²) in [5, 5.41) is 9.58. The van der Waals surface area contributed by atoms with Crippen LogP contribution in [-0.2, 0) is 0 Å². The number of fused-ring (bicyclic) bond motifs is 1. The van der Waals surface area contributed by atoms with E-state index >= 15 is 0 Å². The summed E-state index contributed by atoms with van der Waals surface area (Å²) >= 11 is 2.86. The zero-order valence-electron chi connectivity index (χ0n) is 5.90. The Morgan fingerprint density at radius 2 is 2.25 bits per heavy atom. The Hall–Kier alpha value is -1.18. The molecule has 2 aromatic rings. The number of nitrogens with zero attached hydrogens (tertiary/aromatic N) is 1. The van der Waals surface area contributed by atoms with Crippen molar-refractivity contribution < 1.29 is 4.79 Å². The zero-order valence-corrected chi connectivity index (χ0v) is 7.54. The summed E-state index contributed by atoms with van der Waals surface area (Å²) in [5.74, 6) is 0. The number of nitriles is 1. The molecule has 0 N–H and O–H groups in total. The Balaban J connectivity index is 2.68. The third-order valence-electron chi connectivity index (χ3n) is 1.46. The van der Waals surface area contributed by atoms with Crippen LogP contribution in [0, 0.1) is 11.3 Å². The van der Waals surface area contributed by atoms with E-state index < -0.39 is 0 Å². The first-order chi connectivity index (χ1) is 5.83. The molecule has 2 nitrogen and oxygen atoms in total. The summed E-state index contributed by atoms with van der Waals surface area (Å²) in [7, 11) is 0. The third kappa shape index (κ3) is 1.04. The number of rotatable bonds is 1. The molecule has 4 heteroatoms. The molecule has 0 aromatic carbocycles. The van der Waals surface area contributed by atoms with Gasteiger partial charge in [-0.15, -0.1) is 22.7 Å². The van der Waals surface area contributed by atoms with Crippen LogP contribution in [0.1, 0.15) is 14.5 Å². The van der Waals surface area contributed by atoms with Crippen LogP contribution in [0.5, 0.6) is 0 Å². The maximum absolute atomic E-state index is 10.4. The molecule has 0 bridgehead atoms. The molecule has 0 spiro atoms. The minimum absolute atomic E-state index is 0.702. The van der Waals surface area contributed by atoms with Crippen molar-refractivity contribution in [2.45, 2.75) is 0 Å². The molecule has 0 aliphatic carbocycles. The molecule has 0 aliphatic heterocycles. The fourth-order valence-corrected chi connectivity index (χ4v) is 3.05. The van der Waals surface area contributed by atoms with Crippen molar-refractivity contribution in [2.75, 3.05) is 0 Å². The lowest BCUT2D eigenvalue weighted by molar-refractivity contribution is 0.112. The fraction of sp³-hybridized carbons (Fsp3) is 0. The average Bonchev–Trinajstić information content (AvgIpc) is 2.59. The largest absolute Gasteiger partial charge is 0.297 e. The van der Waals surface area contributed by atoms with Gasteiger partial charge >= 0.3 is 0 Å². The Bertz CT molecular complexity index is 443. The van der Waals surface area contributed by atoms with Crippen molar-refractivity contribution >= 4 is 38.4 Å². The molecule has 0 radical (unpaired) electrons. The topological polar surface area (TPSA) is 40.9 Å². The van der Waals surface area contributed by atoms with E-state index in [2.05, 4.69) is 6.07 Å². The first-order valence-electron chi connectivity index (χ1n) is 3.22. The molecule has 2 aromatic heterocycles. The normalized spacial score (nSPS) is 9.92. The number of carbonyl (C=O) groups excluding carboxylic acids is 1. The zero-order chi connectivity index (χ0) is 8.55. The third-order valence-corrected chi connectivity index (χ3v) is 3.68. The minimum atomic E-state index is 0.702. The summed E-state index contributed by atoms with van der Waals surface area (Å²) in [6.45, 7) is 0. The molecular weight excluding hydrogens is 190 g/mol. The van der Waals surface area contributed by atoms with Gasteiger partial charge in [0, 0.05) is 5.39 Å². The van der Waals surface area contributed by atoms with Crippen molar-refractivity contribution in [1.82, 2.24) is 0 Å². The van der Waals surface area contributed by atoms with Crippen molar-refractivity contribution in [2.24, 2.45) is 0 Å². The lowest BCUT2D eigenvalue weighted by atomic mass is 10.3. The van der Waals surface area contributed by atoms with Crippen LogP contribution in [0.4, 0.5) is 0 Å². The molecule has 0 saturated carbocycles. The maximum atomic E-state index is 10.4. The van der Waals surface area contributed by atoms with E-state index in [0.717, 1.165) is 20.6 Å². The van der Waals surface area contributed by atoms with E-state index in [-0.39, 0.29) is 0 Å². The van der Waals surface area contributed by atoms with E-state index in [1.54, 1.807) is 0 Å². The number of hydrogen-bond donors (Lipinski definition) is 0. The highest BCUT2D eigenvalue weighted by atomic mass is 32.2. The summed E-state index contributed by atoms with van der Waals surface area (Å²) in [5.41, 5.74) is 0. The van der Waals surface area contributed by atoms with Crippen LogP contribution >= 0.6 is 22.7 Å². The summed E-state index contributed by atoms with van der Waals surface area (Å²) in [6.07, 6.45) is 0.837. The van der Waals surface area contributed by atoms with E-state index in [1.807, 2.05) is 12.1 Å². The Morgan fingerprint density at radius 1 is 1.42 bits per heavy atom. The van der Waals surface area contributed by atoms with Crippen LogP contribution in [0.3, 0.4) is 0 Å². The van der Waals surface area contributed by atoms with Gasteiger partial charge in [0.2, 0.25) is 0 Å². The van der Waals surface area contributed by atoms with Gasteiger partial charge in [-0.25, -0.2) is 0 Å². The smallest absolute Gasteiger partial charge is 0.160 e. The second-order valence-electron chi connectivity index (χ2n) is 2.23.